The number of anilines is 1. The topological polar surface area (TPSA) is 63.7 Å². The molecule has 1 fully saturated rings. The SMILES string of the molecule is CC(=O)Oc1cccc(N2C(=O)[C@H]3CC=C(C)C[C@@H]3C2=O)c1. The average Bonchev–Trinajstić information content (AvgIpc) is 2.70. The van der Waals surface area contributed by atoms with Crippen molar-refractivity contribution >= 4 is 23.5 Å². The molecule has 0 N–H and O–H groups in total. The summed E-state index contributed by atoms with van der Waals surface area (Å²) >= 11 is 0. The van der Waals surface area contributed by atoms with E-state index in [1.165, 1.54) is 11.8 Å². The zero-order valence-electron chi connectivity index (χ0n) is 12.5. The standard InChI is InChI=1S/C17H17NO4/c1-10-6-7-14-15(8-10)17(21)18(16(14)20)12-4-3-5-13(9-12)22-11(2)19/h3-6,9,14-15H,7-8H2,1-2H3/t14-,15-/m0/s1. The second-order valence-corrected chi connectivity index (χ2v) is 5.81. The van der Waals surface area contributed by atoms with Crippen molar-refractivity contribution in [1.82, 2.24) is 0 Å². The van der Waals surface area contributed by atoms with Crippen LogP contribution in [0.4, 0.5) is 5.69 Å². The molecule has 5 heteroatoms. The number of hydrogen-bond acceptors (Lipinski definition) is 4. The van der Waals surface area contributed by atoms with Crippen LogP contribution in [0, 0.1) is 11.8 Å². The van der Waals surface area contributed by atoms with Crippen molar-refractivity contribution in [3.8, 4) is 5.75 Å². The Morgan fingerprint density at radius 2 is 1.95 bits per heavy atom. The fraction of sp³-hybridized carbons (Fsp3) is 0.353. The summed E-state index contributed by atoms with van der Waals surface area (Å²) in [5.74, 6) is -0.982. The molecule has 0 unspecified atom stereocenters. The van der Waals surface area contributed by atoms with Gasteiger partial charge in [-0.15, -0.1) is 0 Å². The Bertz CT molecular complexity index is 692. The molecule has 0 aromatic heterocycles. The highest BCUT2D eigenvalue weighted by molar-refractivity contribution is 6.22. The maximum atomic E-state index is 12.6. The highest BCUT2D eigenvalue weighted by Crippen LogP contribution is 2.40. The minimum atomic E-state index is -0.440. The Morgan fingerprint density at radius 3 is 2.68 bits per heavy atom. The molecule has 0 bridgehead atoms. The first kappa shape index (κ1) is 14.5. The van der Waals surface area contributed by atoms with Crippen LogP contribution in [-0.4, -0.2) is 17.8 Å². The lowest BCUT2D eigenvalue weighted by Gasteiger charge is -2.18. The first-order valence-corrected chi connectivity index (χ1v) is 7.29. The third kappa shape index (κ3) is 2.43. The number of carbonyl (C=O) groups excluding carboxylic acids is 3. The molecule has 0 spiro atoms. The smallest absolute Gasteiger partial charge is 0.308 e. The largest absolute Gasteiger partial charge is 0.427 e. The molecule has 0 saturated carbocycles. The van der Waals surface area contributed by atoms with Crippen molar-refractivity contribution in [2.24, 2.45) is 11.8 Å². The van der Waals surface area contributed by atoms with E-state index in [0.29, 0.717) is 24.3 Å². The average molecular weight is 299 g/mol. The predicted octanol–water partition coefficient (Wildman–Crippen LogP) is 2.46. The lowest BCUT2D eigenvalue weighted by molar-refractivity contribution is -0.132. The summed E-state index contributed by atoms with van der Waals surface area (Å²) in [7, 11) is 0. The summed E-state index contributed by atoms with van der Waals surface area (Å²) in [5.41, 5.74) is 1.61. The highest BCUT2D eigenvalue weighted by atomic mass is 16.5. The normalized spacial score (nSPS) is 24.1. The second kappa shape index (κ2) is 5.40. The Hall–Kier alpha value is -2.43. The van der Waals surface area contributed by atoms with E-state index in [2.05, 4.69) is 0 Å². The molecule has 5 nitrogen and oxygen atoms in total. The highest BCUT2D eigenvalue weighted by Gasteiger charge is 2.48. The molecule has 1 heterocycles. The van der Waals surface area contributed by atoms with Crippen molar-refractivity contribution in [3.63, 3.8) is 0 Å². The lowest BCUT2D eigenvalue weighted by Crippen LogP contribution is -2.30. The number of esters is 1. The molecular formula is C17H17NO4. The molecule has 1 aromatic carbocycles. The Morgan fingerprint density at radius 1 is 1.23 bits per heavy atom. The van der Waals surface area contributed by atoms with Gasteiger partial charge in [0.2, 0.25) is 11.8 Å². The van der Waals surface area contributed by atoms with Crippen LogP contribution in [0.3, 0.4) is 0 Å². The summed E-state index contributed by atoms with van der Waals surface area (Å²) < 4.78 is 5.02. The fourth-order valence-electron chi connectivity index (χ4n) is 3.14. The molecule has 0 radical (unpaired) electrons. The summed E-state index contributed by atoms with van der Waals surface area (Å²) in [6.45, 7) is 3.29. The fourth-order valence-corrected chi connectivity index (χ4v) is 3.14. The number of ether oxygens (including phenoxy) is 1. The minimum Gasteiger partial charge on any atom is -0.427 e. The van der Waals surface area contributed by atoms with Crippen molar-refractivity contribution in [1.29, 1.82) is 0 Å². The van der Waals surface area contributed by atoms with Gasteiger partial charge in [-0.25, -0.2) is 4.90 Å². The van der Waals surface area contributed by atoms with Gasteiger partial charge in [-0.3, -0.25) is 14.4 Å². The molecule has 2 atom stereocenters. The van der Waals surface area contributed by atoms with Crippen LogP contribution >= 0.6 is 0 Å². The number of amides is 2. The number of hydrogen-bond donors (Lipinski definition) is 0. The van der Waals surface area contributed by atoms with Crippen LogP contribution in [0.1, 0.15) is 26.7 Å². The van der Waals surface area contributed by atoms with E-state index >= 15 is 0 Å². The molecule has 2 aliphatic rings. The van der Waals surface area contributed by atoms with E-state index in [1.54, 1.807) is 24.3 Å². The van der Waals surface area contributed by atoms with Gasteiger partial charge < -0.3 is 4.74 Å². The van der Waals surface area contributed by atoms with E-state index in [1.807, 2.05) is 13.0 Å². The van der Waals surface area contributed by atoms with Gasteiger partial charge in [0.15, 0.2) is 0 Å². The van der Waals surface area contributed by atoms with Gasteiger partial charge in [0.1, 0.15) is 5.75 Å². The Kier molecular flexibility index (Phi) is 3.56. The summed E-state index contributed by atoms with van der Waals surface area (Å²) in [6.07, 6.45) is 3.28. The molecular weight excluding hydrogens is 282 g/mol. The first-order valence-electron chi connectivity index (χ1n) is 7.29. The van der Waals surface area contributed by atoms with Crippen molar-refractivity contribution in [2.75, 3.05) is 4.90 Å². The van der Waals surface area contributed by atoms with E-state index in [0.717, 1.165) is 5.57 Å². The van der Waals surface area contributed by atoms with Crippen LogP contribution in [0.5, 0.6) is 5.75 Å². The molecule has 1 aliphatic carbocycles. The monoisotopic (exact) mass is 299 g/mol. The van der Waals surface area contributed by atoms with Gasteiger partial charge >= 0.3 is 5.97 Å². The number of allylic oxidation sites excluding steroid dienone is 2. The van der Waals surface area contributed by atoms with Crippen LogP contribution < -0.4 is 9.64 Å². The zero-order valence-corrected chi connectivity index (χ0v) is 12.5. The van der Waals surface area contributed by atoms with Gasteiger partial charge in [0.25, 0.3) is 0 Å². The number of imide groups is 1. The van der Waals surface area contributed by atoms with E-state index < -0.39 is 5.97 Å². The van der Waals surface area contributed by atoms with Crippen molar-refractivity contribution < 1.29 is 19.1 Å². The summed E-state index contributed by atoms with van der Waals surface area (Å²) in [4.78, 5) is 37.4. The van der Waals surface area contributed by atoms with E-state index in [4.69, 9.17) is 4.74 Å². The number of benzene rings is 1. The van der Waals surface area contributed by atoms with Gasteiger partial charge in [-0.05, 0) is 31.9 Å². The van der Waals surface area contributed by atoms with Crippen LogP contribution in [0.15, 0.2) is 35.9 Å². The molecule has 22 heavy (non-hydrogen) atoms. The number of carbonyl (C=O) groups is 3. The first-order chi connectivity index (χ1) is 10.5. The van der Waals surface area contributed by atoms with Gasteiger partial charge in [-0.1, -0.05) is 17.7 Å². The molecule has 1 aliphatic heterocycles. The van der Waals surface area contributed by atoms with Gasteiger partial charge in [-0.2, -0.15) is 0 Å². The third-order valence-electron chi connectivity index (χ3n) is 4.16. The van der Waals surface area contributed by atoms with Crippen molar-refractivity contribution in [3.05, 3.63) is 35.9 Å². The van der Waals surface area contributed by atoms with Crippen LogP contribution in [0.25, 0.3) is 0 Å². The number of fused-ring (bicyclic) bond motifs is 1. The molecule has 1 saturated heterocycles. The predicted molar refractivity (Wildman–Crippen MR) is 80.2 cm³/mol. The molecule has 3 rings (SSSR count). The van der Waals surface area contributed by atoms with Crippen LogP contribution in [-0.2, 0) is 14.4 Å². The zero-order chi connectivity index (χ0) is 15.9. The number of nitrogens with zero attached hydrogens (tertiary/aromatic N) is 1. The van der Waals surface area contributed by atoms with Gasteiger partial charge in [0.05, 0.1) is 17.5 Å². The lowest BCUT2D eigenvalue weighted by atomic mass is 9.82. The maximum absolute atomic E-state index is 12.6. The minimum absolute atomic E-state index is 0.164. The quantitative estimate of drug-likeness (QED) is 0.364. The summed E-state index contributed by atoms with van der Waals surface area (Å²) in [6, 6.07) is 6.52. The second-order valence-electron chi connectivity index (χ2n) is 5.81. The maximum Gasteiger partial charge on any atom is 0.308 e. The third-order valence-corrected chi connectivity index (χ3v) is 4.16. The molecule has 114 valence electrons. The van der Waals surface area contributed by atoms with Gasteiger partial charge in [0, 0.05) is 13.0 Å². The van der Waals surface area contributed by atoms with Crippen molar-refractivity contribution in [2.45, 2.75) is 26.7 Å². The summed E-state index contributed by atoms with van der Waals surface area (Å²) in [5, 5.41) is 0. The van der Waals surface area contributed by atoms with E-state index in [9.17, 15) is 14.4 Å². The molecule has 2 amide bonds. The van der Waals surface area contributed by atoms with E-state index in [-0.39, 0.29) is 23.7 Å². The Balaban J connectivity index is 1.91. The van der Waals surface area contributed by atoms with Crippen LogP contribution in [0.2, 0.25) is 0 Å². The number of rotatable bonds is 2. The molecule has 1 aromatic rings. The Labute approximate surface area is 128 Å².